The summed E-state index contributed by atoms with van der Waals surface area (Å²) in [6.45, 7) is 1.55. The van der Waals surface area contributed by atoms with Crippen molar-refractivity contribution >= 4 is 44.1 Å². The summed E-state index contributed by atoms with van der Waals surface area (Å²) < 4.78 is 33.0. The van der Waals surface area contributed by atoms with Crippen LogP contribution in [0.2, 0.25) is 0 Å². The summed E-state index contributed by atoms with van der Waals surface area (Å²) in [5.74, 6) is -0.989. The molecule has 0 aliphatic heterocycles. The number of rotatable bonds is 8. The number of para-hydroxylation sites is 1. The standard InChI is InChI=1S/C21H27N3O5S2/c1-4-29-21(26)19-16-12-8-9-13-17(16)30-20(19)22-18(25)14-24(31(27,28)23(2)3)15-10-6-5-7-11-15/h5-7,10-11H,4,8-9,12-14H2,1-3H3,(H,22,25). The van der Waals surface area contributed by atoms with Gasteiger partial charge in [0.2, 0.25) is 5.91 Å². The van der Waals surface area contributed by atoms with Crippen molar-refractivity contribution in [2.24, 2.45) is 0 Å². The van der Waals surface area contributed by atoms with Crippen LogP contribution in [0.25, 0.3) is 0 Å². The Labute approximate surface area is 187 Å². The van der Waals surface area contributed by atoms with Crippen LogP contribution in [0.15, 0.2) is 30.3 Å². The monoisotopic (exact) mass is 465 g/mol. The Bertz CT molecular complexity index is 1050. The van der Waals surface area contributed by atoms with E-state index in [1.807, 2.05) is 0 Å². The third-order valence-electron chi connectivity index (χ3n) is 4.98. The minimum atomic E-state index is -3.90. The third kappa shape index (κ3) is 5.08. The van der Waals surface area contributed by atoms with Crippen molar-refractivity contribution in [3.05, 3.63) is 46.3 Å². The normalized spacial score (nSPS) is 13.5. The highest BCUT2D eigenvalue weighted by Crippen LogP contribution is 2.38. The van der Waals surface area contributed by atoms with Gasteiger partial charge in [0.15, 0.2) is 0 Å². The van der Waals surface area contributed by atoms with Gasteiger partial charge in [0.05, 0.1) is 17.9 Å². The van der Waals surface area contributed by atoms with Crippen LogP contribution in [0.4, 0.5) is 10.7 Å². The molecule has 8 nitrogen and oxygen atoms in total. The van der Waals surface area contributed by atoms with Crippen molar-refractivity contribution in [3.8, 4) is 0 Å². The first-order valence-electron chi connectivity index (χ1n) is 10.1. The van der Waals surface area contributed by atoms with E-state index in [1.165, 1.54) is 25.4 Å². The molecule has 10 heteroatoms. The predicted molar refractivity (Wildman–Crippen MR) is 122 cm³/mol. The topological polar surface area (TPSA) is 96.0 Å². The van der Waals surface area contributed by atoms with Gasteiger partial charge < -0.3 is 10.1 Å². The summed E-state index contributed by atoms with van der Waals surface area (Å²) in [6, 6.07) is 8.44. The molecule has 1 amide bonds. The summed E-state index contributed by atoms with van der Waals surface area (Å²) in [5.41, 5.74) is 1.71. The summed E-state index contributed by atoms with van der Waals surface area (Å²) in [6.07, 6.45) is 3.63. The van der Waals surface area contributed by atoms with E-state index >= 15 is 0 Å². The zero-order valence-corrected chi connectivity index (χ0v) is 19.5. The van der Waals surface area contributed by atoms with Crippen LogP contribution >= 0.6 is 11.3 Å². The molecule has 0 atom stereocenters. The molecular formula is C21H27N3O5S2. The lowest BCUT2D eigenvalue weighted by atomic mass is 9.95. The first-order valence-corrected chi connectivity index (χ1v) is 12.3. The van der Waals surface area contributed by atoms with Crippen LogP contribution < -0.4 is 9.62 Å². The fourth-order valence-electron chi connectivity index (χ4n) is 3.47. The molecule has 0 radical (unpaired) electrons. The molecule has 1 aromatic carbocycles. The van der Waals surface area contributed by atoms with Crippen LogP contribution in [0.5, 0.6) is 0 Å². The highest BCUT2D eigenvalue weighted by molar-refractivity contribution is 7.90. The van der Waals surface area contributed by atoms with E-state index in [-0.39, 0.29) is 6.61 Å². The number of thiophene rings is 1. The molecule has 1 aliphatic carbocycles. The summed E-state index contributed by atoms with van der Waals surface area (Å²) in [5, 5.41) is 3.19. The molecule has 1 aliphatic rings. The molecule has 0 saturated heterocycles. The van der Waals surface area contributed by atoms with Gasteiger partial charge in [0.1, 0.15) is 11.5 Å². The molecule has 0 bridgehead atoms. The van der Waals surface area contributed by atoms with Gasteiger partial charge in [-0.15, -0.1) is 11.3 Å². The molecule has 1 aromatic heterocycles. The van der Waals surface area contributed by atoms with Gasteiger partial charge in [0, 0.05) is 19.0 Å². The van der Waals surface area contributed by atoms with Gasteiger partial charge in [-0.1, -0.05) is 18.2 Å². The molecule has 3 rings (SSSR count). The van der Waals surface area contributed by atoms with Crippen molar-refractivity contribution in [1.29, 1.82) is 0 Å². The van der Waals surface area contributed by atoms with Crippen molar-refractivity contribution in [2.75, 3.05) is 36.9 Å². The summed E-state index contributed by atoms with van der Waals surface area (Å²) >= 11 is 1.37. The minimum Gasteiger partial charge on any atom is -0.462 e. The van der Waals surface area contributed by atoms with Crippen LogP contribution in [0, 0.1) is 0 Å². The average molecular weight is 466 g/mol. The number of anilines is 2. The van der Waals surface area contributed by atoms with Crippen molar-refractivity contribution in [3.63, 3.8) is 0 Å². The number of esters is 1. The number of ether oxygens (including phenoxy) is 1. The second kappa shape index (κ2) is 9.80. The lowest BCUT2D eigenvalue weighted by molar-refractivity contribution is -0.114. The first kappa shape index (κ1) is 23.2. The Kier molecular flexibility index (Phi) is 7.34. The minimum absolute atomic E-state index is 0.236. The van der Waals surface area contributed by atoms with Gasteiger partial charge in [-0.2, -0.15) is 12.7 Å². The Morgan fingerprint density at radius 1 is 1.13 bits per heavy atom. The van der Waals surface area contributed by atoms with Gasteiger partial charge in [-0.3, -0.25) is 4.79 Å². The van der Waals surface area contributed by atoms with Crippen LogP contribution in [-0.2, 0) is 32.6 Å². The van der Waals surface area contributed by atoms with Crippen LogP contribution in [0.3, 0.4) is 0 Å². The molecular weight excluding hydrogens is 438 g/mol. The number of nitrogens with zero attached hydrogens (tertiary/aromatic N) is 2. The van der Waals surface area contributed by atoms with Crippen molar-refractivity contribution < 1.29 is 22.7 Å². The van der Waals surface area contributed by atoms with Gasteiger partial charge >= 0.3 is 16.2 Å². The zero-order valence-electron chi connectivity index (χ0n) is 17.9. The molecule has 0 spiro atoms. The highest BCUT2D eigenvalue weighted by atomic mass is 32.2. The predicted octanol–water partition coefficient (Wildman–Crippen LogP) is 3.06. The summed E-state index contributed by atoms with van der Waals surface area (Å²) in [4.78, 5) is 26.6. The first-order chi connectivity index (χ1) is 14.8. The number of carbonyl (C=O) groups is 2. The van der Waals surface area contributed by atoms with E-state index in [2.05, 4.69) is 5.32 Å². The van der Waals surface area contributed by atoms with Gasteiger partial charge in [-0.05, 0) is 50.3 Å². The Balaban J connectivity index is 1.90. The fraction of sp³-hybridized carbons (Fsp3) is 0.429. The van der Waals surface area contributed by atoms with E-state index in [0.29, 0.717) is 16.3 Å². The number of hydrogen-bond acceptors (Lipinski definition) is 6. The average Bonchev–Trinajstić information content (AvgIpc) is 3.10. The Hall–Kier alpha value is -2.43. The third-order valence-corrected chi connectivity index (χ3v) is 8.00. The fourth-order valence-corrected chi connectivity index (χ4v) is 5.82. The lowest BCUT2D eigenvalue weighted by Crippen LogP contribution is -2.44. The second-order valence-electron chi connectivity index (χ2n) is 7.32. The molecule has 0 saturated carbocycles. The molecule has 1 heterocycles. The van der Waals surface area contributed by atoms with Crippen LogP contribution in [0.1, 0.15) is 40.6 Å². The van der Waals surface area contributed by atoms with Gasteiger partial charge in [-0.25, -0.2) is 9.10 Å². The van der Waals surface area contributed by atoms with Crippen molar-refractivity contribution in [2.45, 2.75) is 32.6 Å². The largest absolute Gasteiger partial charge is 0.462 e. The number of nitrogens with one attached hydrogen (secondary N) is 1. The Morgan fingerprint density at radius 2 is 1.81 bits per heavy atom. The van der Waals surface area contributed by atoms with E-state index in [1.54, 1.807) is 37.3 Å². The highest BCUT2D eigenvalue weighted by Gasteiger charge is 2.30. The van der Waals surface area contributed by atoms with E-state index in [9.17, 15) is 18.0 Å². The number of hydrogen-bond donors (Lipinski definition) is 1. The molecule has 0 fully saturated rings. The van der Waals surface area contributed by atoms with E-state index in [4.69, 9.17) is 4.74 Å². The number of aryl methyl sites for hydroxylation is 1. The SMILES string of the molecule is CCOC(=O)c1c(NC(=O)CN(c2ccccc2)S(=O)(=O)N(C)C)sc2c1CCCC2. The molecule has 0 unspecified atom stereocenters. The lowest BCUT2D eigenvalue weighted by Gasteiger charge is -2.26. The maximum Gasteiger partial charge on any atom is 0.341 e. The van der Waals surface area contributed by atoms with E-state index in [0.717, 1.165) is 44.7 Å². The smallest absolute Gasteiger partial charge is 0.341 e. The number of benzene rings is 1. The second-order valence-corrected chi connectivity index (χ2v) is 10.5. The molecule has 1 N–H and O–H groups in total. The molecule has 2 aromatic rings. The summed E-state index contributed by atoms with van der Waals surface area (Å²) in [7, 11) is -1.08. The number of carbonyl (C=O) groups excluding carboxylic acids is 2. The molecule has 168 valence electrons. The number of fused-ring (bicyclic) bond motifs is 1. The van der Waals surface area contributed by atoms with Crippen LogP contribution in [-0.4, -0.2) is 51.8 Å². The quantitative estimate of drug-likeness (QED) is 0.605. The Morgan fingerprint density at radius 3 is 2.45 bits per heavy atom. The molecule has 31 heavy (non-hydrogen) atoms. The maximum absolute atomic E-state index is 12.9. The maximum atomic E-state index is 12.9. The van der Waals surface area contributed by atoms with Gasteiger partial charge in [0.25, 0.3) is 0 Å². The number of amides is 1. The van der Waals surface area contributed by atoms with E-state index < -0.39 is 28.6 Å². The van der Waals surface area contributed by atoms with Crippen molar-refractivity contribution in [1.82, 2.24) is 4.31 Å². The zero-order chi connectivity index (χ0) is 22.6.